The van der Waals surface area contributed by atoms with Gasteiger partial charge in [0.1, 0.15) is 0 Å². The first-order valence-electron chi connectivity index (χ1n) is 6.50. The molecule has 0 aromatic carbocycles. The Labute approximate surface area is 103 Å². The lowest BCUT2D eigenvalue weighted by molar-refractivity contribution is -0.121. The Hall–Kier alpha value is -0.650. The molecule has 5 heteroatoms. The fourth-order valence-electron chi connectivity index (χ4n) is 1.92. The number of ether oxygens (including phenoxy) is 1. The van der Waals surface area contributed by atoms with Crippen molar-refractivity contribution in [2.45, 2.75) is 25.7 Å². The van der Waals surface area contributed by atoms with E-state index in [1.807, 2.05) is 0 Å². The van der Waals surface area contributed by atoms with Gasteiger partial charge in [0, 0.05) is 26.1 Å². The van der Waals surface area contributed by atoms with Crippen LogP contribution in [0.2, 0.25) is 0 Å². The van der Waals surface area contributed by atoms with Gasteiger partial charge in [-0.1, -0.05) is 0 Å². The van der Waals surface area contributed by atoms with Gasteiger partial charge in [0.15, 0.2) is 0 Å². The van der Waals surface area contributed by atoms with Crippen molar-refractivity contribution in [1.29, 1.82) is 0 Å². The van der Waals surface area contributed by atoms with Crippen LogP contribution in [0.15, 0.2) is 0 Å². The Bertz CT molecular complexity index is 206. The van der Waals surface area contributed by atoms with Gasteiger partial charge >= 0.3 is 0 Å². The summed E-state index contributed by atoms with van der Waals surface area (Å²) in [5.74, 6) is 0.124. The number of nitrogens with zero attached hydrogens (tertiary/aromatic N) is 1. The van der Waals surface area contributed by atoms with Crippen molar-refractivity contribution in [1.82, 2.24) is 10.2 Å². The van der Waals surface area contributed by atoms with Crippen molar-refractivity contribution in [3.63, 3.8) is 0 Å². The third-order valence-corrected chi connectivity index (χ3v) is 2.88. The van der Waals surface area contributed by atoms with E-state index in [1.165, 1.54) is 12.8 Å². The predicted octanol–water partition coefficient (Wildman–Crippen LogP) is -0.0125. The van der Waals surface area contributed by atoms with E-state index < -0.39 is 0 Å². The molecule has 0 unspecified atom stereocenters. The molecule has 1 rings (SSSR count). The summed E-state index contributed by atoms with van der Waals surface area (Å²) in [4.78, 5) is 13.8. The lowest BCUT2D eigenvalue weighted by Crippen LogP contribution is -2.30. The minimum Gasteiger partial charge on any atom is -0.394 e. The van der Waals surface area contributed by atoms with Gasteiger partial charge in [0.05, 0.1) is 13.2 Å². The van der Waals surface area contributed by atoms with Crippen LogP contribution in [0.3, 0.4) is 0 Å². The normalized spacial score (nSPS) is 16.3. The third kappa shape index (κ3) is 7.31. The van der Waals surface area contributed by atoms with Crippen molar-refractivity contribution in [2.24, 2.45) is 0 Å². The highest BCUT2D eigenvalue weighted by Gasteiger charge is 2.12. The zero-order valence-electron chi connectivity index (χ0n) is 10.5. The topological polar surface area (TPSA) is 61.8 Å². The molecule has 0 bridgehead atoms. The smallest absolute Gasteiger partial charge is 0.221 e. The second-order valence-corrected chi connectivity index (χ2v) is 4.34. The number of hydrogen-bond donors (Lipinski definition) is 2. The van der Waals surface area contributed by atoms with Crippen LogP contribution >= 0.6 is 0 Å². The highest BCUT2D eigenvalue weighted by atomic mass is 16.5. The number of likely N-dealkylation sites (tertiary alicyclic amines) is 1. The van der Waals surface area contributed by atoms with Crippen molar-refractivity contribution in [2.75, 3.05) is 46.0 Å². The molecule has 100 valence electrons. The molecule has 5 nitrogen and oxygen atoms in total. The maximum Gasteiger partial charge on any atom is 0.221 e. The van der Waals surface area contributed by atoms with E-state index in [2.05, 4.69) is 10.2 Å². The van der Waals surface area contributed by atoms with Gasteiger partial charge in [-0.3, -0.25) is 4.79 Å². The number of rotatable bonds is 9. The summed E-state index contributed by atoms with van der Waals surface area (Å²) < 4.78 is 5.10. The third-order valence-electron chi connectivity index (χ3n) is 2.88. The molecule has 1 aliphatic heterocycles. The molecule has 0 aromatic rings. The van der Waals surface area contributed by atoms with Gasteiger partial charge in [-0.25, -0.2) is 0 Å². The van der Waals surface area contributed by atoms with E-state index >= 15 is 0 Å². The summed E-state index contributed by atoms with van der Waals surface area (Å²) in [5, 5.41) is 11.4. The minimum absolute atomic E-state index is 0.0577. The lowest BCUT2D eigenvalue weighted by Gasteiger charge is -2.13. The van der Waals surface area contributed by atoms with Crippen LogP contribution in [0.25, 0.3) is 0 Å². The molecular weight excluding hydrogens is 220 g/mol. The molecule has 1 fully saturated rings. The molecule has 1 amide bonds. The molecule has 0 saturated carbocycles. The zero-order valence-corrected chi connectivity index (χ0v) is 10.5. The number of nitrogens with one attached hydrogen (secondary N) is 1. The van der Waals surface area contributed by atoms with E-state index in [-0.39, 0.29) is 12.5 Å². The minimum atomic E-state index is 0.0577. The Balaban J connectivity index is 1.87. The van der Waals surface area contributed by atoms with Crippen LogP contribution in [0.4, 0.5) is 0 Å². The number of aliphatic hydroxyl groups excluding tert-OH is 1. The molecule has 2 N–H and O–H groups in total. The standard InChI is InChI=1S/C12H24N2O3/c15-9-11-17-10-3-5-13-12(16)4-8-14-6-1-2-7-14/h15H,1-11H2,(H,13,16). The maximum atomic E-state index is 11.5. The van der Waals surface area contributed by atoms with Gasteiger partial charge in [0.25, 0.3) is 0 Å². The summed E-state index contributed by atoms with van der Waals surface area (Å²) in [6.07, 6.45) is 3.93. The highest BCUT2D eigenvalue weighted by molar-refractivity contribution is 5.75. The fourth-order valence-corrected chi connectivity index (χ4v) is 1.92. The molecule has 0 aliphatic carbocycles. The molecule has 1 heterocycles. The van der Waals surface area contributed by atoms with Gasteiger partial charge < -0.3 is 20.1 Å². The lowest BCUT2D eigenvalue weighted by atomic mass is 10.3. The van der Waals surface area contributed by atoms with Gasteiger partial charge in [-0.05, 0) is 32.4 Å². The second-order valence-electron chi connectivity index (χ2n) is 4.34. The fraction of sp³-hybridized carbons (Fsp3) is 0.917. The number of amides is 1. The summed E-state index contributed by atoms with van der Waals surface area (Å²) in [6.45, 7) is 4.85. The van der Waals surface area contributed by atoms with Crippen LogP contribution in [-0.2, 0) is 9.53 Å². The number of hydrogen-bond acceptors (Lipinski definition) is 4. The SMILES string of the molecule is O=C(CCN1CCCC1)NCCCOCCO. The van der Waals surface area contributed by atoms with Crippen molar-refractivity contribution in [3.05, 3.63) is 0 Å². The molecule has 1 saturated heterocycles. The first-order valence-corrected chi connectivity index (χ1v) is 6.50. The second kappa shape index (κ2) is 9.39. The van der Waals surface area contributed by atoms with Crippen LogP contribution in [0, 0.1) is 0 Å². The largest absolute Gasteiger partial charge is 0.394 e. The van der Waals surface area contributed by atoms with Gasteiger partial charge in [0.2, 0.25) is 5.91 Å². The molecule has 0 atom stereocenters. The number of carbonyl (C=O) groups is 1. The quantitative estimate of drug-likeness (QED) is 0.560. The van der Waals surface area contributed by atoms with Gasteiger partial charge in [-0.15, -0.1) is 0 Å². The van der Waals surface area contributed by atoms with Crippen LogP contribution in [0.5, 0.6) is 0 Å². The van der Waals surface area contributed by atoms with Gasteiger partial charge in [-0.2, -0.15) is 0 Å². The zero-order chi connectivity index (χ0) is 12.3. The van der Waals surface area contributed by atoms with E-state index in [9.17, 15) is 4.79 Å². The Kier molecular flexibility index (Phi) is 7.96. The summed E-state index contributed by atoms with van der Waals surface area (Å²) in [6, 6.07) is 0. The monoisotopic (exact) mass is 244 g/mol. The molecular formula is C12H24N2O3. The Morgan fingerprint density at radius 1 is 1.29 bits per heavy atom. The maximum absolute atomic E-state index is 11.5. The highest BCUT2D eigenvalue weighted by Crippen LogP contribution is 2.06. The molecule has 0 radical (unpaired) electrons. The first-order chi connectivity index (χ1) is 8.33. The van der Waals surface area contributed by atoms with E-state index in [0.29, 0.717) is 26.2 Å². The van der Waals surface area contributed by atoms with E-state index in [1.54, 1.807) is 0 Å². The van der Waals surface area contributed by atoms with Crippen molar-refractivity contribution in [3.8, 4) is 0 Å². The Morgan fingerprint density at radius 3 is 2.76 bits per heavy atom. The van der Waals surface area contributed by atoms with E-state index in [0.717, 1.165) is 26.1 Å². The first kappa shape index (κ1) is 14.4. The average molecular weight is 244 g/mol. The summed E-state index contributed by atoms with van der Waals surface area (Å²) >= 11 is 0. The molecule has 1 aliphatic rings. The predicted molar refractivity (Wildman–Crippen MR) is 65.8 cm³/mol. The van der Waals surface area contributed by atoms with Crippen molar-refractivity contribution < 1.29 is 14.6 Å². The van der Waals surface area contributed by atoms with Crippen LogP contribution in [-0.4, -0.2) is 61.9 Å². The summed E-state index contributed by atoms with van der Waals surface area (Å²) in [7, 11) is 0. The molecule has 17 heavy (non-hydrogen) atoms. The van der Waals surface area contributed by atoms with Crippen molar-refractivity contribution >= 4 is 5.91 Å². The average Bonchev–Trinajstić information content (AvgIpc) is 2.84. The van der Waals surface area contributed by atoms with E-state index in [4.69, 9.17) is 9.84 Å². The molecule has 0 aromatic heterocycles. The Morgan fingerprint density at radius 2 is 2.06 bits per heavy atom. The van der Waals surface area contributed by atoms with Crippen LogP contribution < -0.4 is 5.32 Å². The van der Waals surface area contributed by atoms with Crippen LogP contribution in [0.1, 0.15) is 25.7 Å². The number of aliphatic hydroxyl groups is 1. The number of carbonyl (C=O) groups excluding carboxylic acids is 1. The molecule has 0 spiro atoms. The summed E-state index contributed by atoms with van der Waals surface area (Å²) in [5.41, 5.74) is 0.